The van der Waals surface area contributed by atoms with Crippen molar-refractivity contribution in [3.8, 4) is 0 Å². The van der Waals surface area contributed by atoms with Crippen LogP contribution < -0.4 is 10.6 Å². The van der Waals surface area contributed by atoms with E-state index in [2.05, 4.69) is 45.9 Å². The van der Waals surface area contributed by atoms with Gasteiger partial charge >= 0.3 is 6.03 Å². The van der Waals surface area contributed by atoms with Gasteiger partial charge in [0, 0.05) is 35.4 Å². The number of hydrogen-bond acceptors (Lipinski definition) is 2. The van der Waals surface area contributed by atoms with Crippen LogP contribution in [0.15, 0.2) is 54.6 Å². The molecule has 2 aliphatic heterocycles. The lowest BCUT2D eigenvalue weighted by Crippen LogP contribution is -2.56. The number of carbonyl (C=O) groups excluding carboxylic acids is 1. The Balaban J connectivity index is 1.35. The quantitative estimate of drug-likeness (QED) is 0.776. The van der Waals surface area contributed by atoms with Gasteiger partial charge in [0.1, 0.15) is 0 Å². The second-order valence-electron chi connectivity index (χ2n) is 7.67. The highest BCUT2D eigenvalue weighted by Crippen LogP contribution is 2.35. The van der Waals surface area contributed by atoms with Gasteiger partial charge < -0.3 is 10.6 Å². The van der Waals surface area contributed by atoms with Crippen molar-refractivity contribution in [2.24, 2.45) is 0 Å². The minimum Gasteiger partial charge on any atom is -0.335 e. The van der Waals surface area contributed by atoms with Crippen LogP contribution in [-0.2, 0) is 6.54 Å². The monoisotopic (exact) mass is 383 g/mol. The second kappa shape index (κ2) is 8.32. The lowest BCUT2D eigenvalue weighted by atomic mass is 9.81. The summed E-state index contributed by atoms with van der Waals surface area (Å²) in [6.45, 7) is 1.01. The molecule has 2 bridgehead atoms. The maximum Gasteiger partial charge on any atom is 0.319 e. The van der Waals surface area contributed by atoms with Gasteiger partial charge in [0.05, 0.1) is 0 Å². The van der Waals surface area contributed by atoms with E-state index >= 15 is 0 Å². The first-order valence-electron chi connectivity index (χ1n) is 9.80. The molecular weight excluding hydrogens is 358 g/mol. The highest BCUT2D eigenvalue weighted by Gasteiger charge is 2.38. The van der Waals surface area contributed by atoms with Gasteiger partial charge in [0.25, 0.3) is 0 Å². The predicted molar refractivity (Wildman–Crippen MR) is 110 cm³/mol. The molecule has 1 unspecified atom stereocenters. The van der Waals surface area contributed by atoms with E-state index < -0.39 is 0 Å². The number of nitrogens with zero attached hydrogens (tertiary/aromatic N) is 1. The van der Waals surface area contributed by atoms with Gasteiger partial charge in [0.15, 0.2) is 0 Å². The molecule has 2 aromatic rings. The lowest BCUT2D eigenvalue weighted by Gasteiger charge is -2.49. The maximum atomic E-state index is 12.4. The Morgan fingerprint density at radius 3 is 2.33 bits per heavy atom. The molecule has 0 spiro atoms. The highest BCUT2D eigenvalue weighted by molar-refractivity contribution is 6.30. The van der Waals surface area contributed by atoms with E-state index in [4.69, 9.17) is 11.6 Å². The molecule has 2 aromatic carbocycles. The molecule has 0 aliphatic carbocycles. The van der Waals surface area contributed by atoms with Crippen LogP contribution in [0.25, 0.3) is 0 Å². The Labute approximate surface area is 165 Å². The Kier molecular flexibility index (Phi) is 5.65. The van der Waals surface area contributed by atoms with Crippen molar-refractivity contribution in [2.45, 2.75) is 56.8 Å². The summed E-state index contributed by atoms with van der Waals surface area (Å²) in [4.78, 5) is 15.0. The summed E-state index contributed by atoms with van der Waals surface area (Å²) < 4.78 is 0. The Morgan fingerprint density at radius 2 is 1.67 bits per heavy atom. The van der Waals surface area contributed by atoms with Gasteiger partial charge in [-0.2, -0.15) is 0 Å². The van der Waals surface area contributed by atoms with E-state index in [-0.39, 0.29) is 12.1 Å². The molecule has 2 aliphatic rings. The van der Waals surface area contributed by atoms with Crippen LogP contribution in [0.2, 0.25) is 5.02 Å². The van der Waals surface area contributed by atoms with Crippen LogP contribution in [0.5, 0.6) is 0 Å². The largest absolute Gasteiger partial charge is 0.335 e. The first kappa shape index (κ1) is 18.3. The first-order valence-corrected chi connectivity index (χ1v) is 10.2. The first-order chi connectivity index (χ1) is 13.2. The van der Waals surface area contributed by atoms with Crippen LogP contribution in [0, 0.1) is 0 Å². The molecule has 5 heteroatoms. The Morgan fingerprint density at radius 1 is 1.00 bits per heavy atom. The Bertz CT molecular complexity index is 751. The molecule has 142 valence electrons. The normalized spacial score (nSPS) is 25.0. The molecule has 27 heavy (non-hydrogen) atoms. The van der Waals surface area contributed by atoms with Gasteiger partial charge in [-0.1, -0.05) is 48.4 Å². The summed E-state index contributed by atoms with van der Waals surface area (Å²) in [5.41, 5.74) is 2.14. The van der Waals surface area contributed by atoms with Crippen molar-refractivity contribution >= 4 is 23.3 Å². The number of hydrogen-bond donors (Lipinski definition) is 2. The summed E-state index contributed by atoms with van der Waals surface area (Å²) in [5, 5.41) is 6.76. The van der Waals surface area contributed by atoms with Crippen molar-refractivity contribution in [2.75, 3.05) is 5.32 Å². The summed E-state index contributed by atoms with van der Waals surface area (Å²) in [6.07, 6.45) is 5.79. The van der Waals surface area contributed by atoms with Crippen molar-refractivity contribution in [1.82, 2.24) is 10.2 Å². The van der Waals surface area contributed by atoms with Crippen molar-refractivity contribution < 1.29 is 4.79 Å². The molecule has 4 rings (SSSR count). The van der Waals surface area contributed by atoms with Gasteiger partial charge in [-0.05, 0) is 55.5 Å². The molecule has 0 saturated carbocycles. The number of amides is 2. The third-order valence-corrected chi connectivity index (χ3v) is 6.02. The summed E-state index contributed by atoms with van der Waals surface area (Å²) >= 11 is 5.90. The zero-order valence-corrected chi connectivity index (χ0v) is 16.2. The molecule has 2 N–H and O–H groups in total. The molecule has 3 atom stereocenters. The number of urea groups is 1. The average Bonchev–Trinajstić information content (AvgIpc) is 2.65. The van der Waals surface area contributed by atoms with Crippen LogP contribution in [0.4, 0.5) is 10.5 Å². The number of anilines is 1. The fourth-order valence-electron chi connectivity index (χ4n) is 4.53. The second-order valence-corrected chi connectivity index (χ2v) is 8.11. The topological polar surface area (TPSA) is 44.4 Å². The number of benzene rings is 2. The number of halogens is 1. The van der Waals surface area contributed by atoms with Crippen LogP contribution in [0.1, 0.15) is 37.7 Å². The minimum atomic E-state index is -0.128. The smallest absolute Gasteiger partial charge is 0.319 e. The fraction of sp³-hybridized carbons (Fsp3) is 0.409. The standard InChI is InChI=1S/C22H26ClN3O/c23-17-9-11-18(12-10-17)24-22(27)25-19-13-20-7-4-8-21(14-19)26(20)15-16-5-2-1-3-6-16/h1-3,5-6,9-12,19-21H,4,7-8,13-15H2,(H2,24,25,27)/t19?,20-,21+. The van der Waals surface area contributed by atoms with E-state index in [1.807, 2.05) is 12.1 Å². The molecular formula is C22H26ClN3O. The van der Waals surface area contributed by atoms with Gasteiger partial charge in [-0.15, -0.1) is 0 Å². The van der Waals surface area contributed by atoms with Crippen LogP contribution in [-0.4, -0.2) is 29.1 Å². The summed E-state index contributed by atoms with van der Waals surface area (Å²) in [7, 11) is 0. The minimum absolute atomic E-state index is 0.128. The maximum absolute atomic E-state index is 12.4. The SMILES string of the molecule is O=C(Nc1ccc(Cl)cc1)NC1C[C@H]2CCC[C@@H](C1)N2Cc1ccccc1. The van der Waals surface area contributed by atoms with Crippen molar-refractivity contribution in [3.05, 3.63) is 65.2 Å². The number of nitrogens with one attached hydrogen (secondary N) is 2. The summed E-state index contributed by atoms with van der Waals surface area (Å²) in [6, 6.07) is 19.1. The van der Waals surface area contributed by atoms with E-state index in [9.17, 15) is 4.79 Å². The highest BCUT2D eigenvalue weighted by atomic mass is 35.5. The average molecular weight is 384 g/mol. The van der Waals surface area contributed by atoms with E-state index in [1.165, 1.54) is 24.8 Å². The predicted octanol–water partition coefficient (Wildman–Crippen LogP) is 5.05. The van der Waals surface area contributed by atoms with Crippen LogP contribution >= 0.6 is 11.6 Å². The number of carbonyl (C=O) groups is 1. The number of fused-ring (bicyclic) bond motifs is 2. The van der Waals surface area contributed by atoms with Gasteiger partial charge in [-0.3, -0.25) is 4.90 Å². The zero-order chi connectivity index (χ0) is 18.6. The number of piperidine rings is 2. The van der Waals surface area contributed by atoms with Gasteiger partial charge in [-0.25, -0.2) is 4.79 Å². The zero-order valence-electron chi connectivity index (χ0n) is 15.4. The van der Waals surface area contributed by atoms with E-state index in [0.717, 1.165) is 25.1 Å². The molecule has 2 saturated heterocycles. The van der Waals surface area contributed by atoms with Crippen molar-refractivity contribution in [3.63, 3.8) is 0 Å². The van der Waals surface area contributed by atoms with Crippen molar-refractivity contribution in [1.29, 1.82) is 0 Å². The third kappa shape index (κ3) is 4.63. The third-order valence-electron chi connectivity index (χ3n) is 5.77. The molecule has 2 fully saturated rings. The van der Waals surface area contributed by atoms with Crippen LogP contribution in [0.3, 0.4) is 0 Å². The number of rotatable bonds is 4. The molecule has 2 amide bonds. The fourth-order valence-corrected chi connectivity index (χ4v) is 4.66. The molecule has 2 heterocycles. The molecule has 0 radical (unpaired) electrons. The Hall–Kier alpha value is -2.04. The lowest BCUT2D eigenvalue weighted by molar-refractivity contribution is 0.0200. The van der Waals surface area contributed by atoms with E-state index in [1.54, 1.807) is 12.1 Å². The molecule has 4 nitrogen and oxygen atoms in total. The van der Waals surface area contributed by atoms with E-state index in [0.29, 0.717) is 17.1 Å². The van der Waals surface area contributed by atoms with Gasteiger partial charge in [0.2, 0.25) is 0 Å². The summed E-state index contributed by atoms with van der Waals surface area (Å²) in [5.74, 6) is 0. The molecule has 0 aromatic heterocycles.